The van der Waals surface area contributed by atoms with Crippen molar-refractivity contribution in [3.05, 3.63) is 71.0 Å². The Hall–Kier alpha value is -3.30. The van der Waals surface area contributed by atoms with E-state index in [1.807, 2.05) is 35.2 Å². The van der Waals surface area contributed by atoms with Crippen LogP contribution in [-0.4, -0.2) is 74.3 Å². The highest BCUT2D eigenvalue weighted by Gasteiger charge is 2.23. The summed E-state index contributed by atoms with van der Waals surface area (Å²) in [5.41, 5.74) is 1.38. The van der Waals surface area contributed by atoms with E-state index in [2.05, 4.69) is 15.0 Å². The fourth-order valence-corrected chi connectivity index (χ4v) is 3.82. The van der Waals surface area contributed by atoms with Crippen molar-refractivity contribution < 1.29 is 14.4 Å². The van der Waals surface area contributed by atoms with Gasteiger partial charge in [0.1, 0.15) is 0 Å². The van der Waals surface area contributed by atoms with Gasteiger partial charge in [-0.25, -0.2) is 4.79 Å². The van der Waals surface area contributed by atoms with E-state index in [0.717, 1.165) is 18.5 Å². The van der Waals surface area contributed by atoms with Crippen LogP contribution in [-0.2, 0) is 6.54 Å². The Bertz CT molecular complexity index is 1050. The Morgan fingerprint density at radius 3 is 2.58 bits per heavy atom. The molecule has 0 saturated carbocycles. The molecule has 4 rings (SSSR count). The molecule has 9 nitrogen and oxygen atoms in total. The fraction of sp³-hybridized carbons (Fsp3) is 0.364. The van der Waals surface area contributed by atoms with Crippen LogP contribution in [0.15, 0.2) is 64.2 Å². The topological polar surface area (TPSA) is 105 Å². The number of aliphatic hydroxyl groups excluding tert-OH is 1. The molecular weight excluding hydrogens is 398 g/mol. The van der Waals surface area contributed by atoms with Crippen LogP contribution in [0.25, 0.3) is 11.4 Å². The lowest BCUT2D eigenvalue weighted by Gasteiger charge is -2.24. The first kappa shape index (κ1) is 21.0. The number of nitrogens with zero attached hydrogens (tertiary/aromatic N) is 5. The van der Waals surface area contributed by atoms with Crippen molar-refractivity contribution in [2.24, 2.45) is 0 Å². The van der Waals surface area contributed by atoms with Crippen LogP contribution in [0.2, 0.25) is 0 Å². The number of pyridine rings is 1. The second-order valence-corrected chi connectivity index (χ2v) is 7.58. The molecule has 162 valence electrons. The van der Waals surface area contributed by atoms with Crippen molar-refractivity contribution in [1.29, 1.82) is 0 Å². The molecule has 1 amide bonds. The molecule has 9 heteroatoms. The van der Waals surface area contributed by atoms with Gasteiger partial charge in [-0.1, -0.05) is 35.5 Å². The van der Waals surface area contributed by atoms with Crippen LogP contribution in [0.1, 0.15) is 16.8 Å². The van der Waals surface area contributed by atoms with Gasteiger partial charge in [0.05, 0.1) is 12.6 Å². The molecule has 1 unspecified atom stereocenters. The summed E-state index contributed by atoms with van der Waals surface area (Å²) in [6.45, 7) is 3.14. The molecule has 1 fully saturated rings. The van der Waals surface area contributed by atoms with Crippen molar-refractivity contribution >= 4 is 5.91 Å². The average Bonchev–Trinajstić information content (AvgIpc) is 3.00. The third-order valence-corrected chi connectivity index (χ3v) is 5.38. The normalized spacial score (nSPS) is 16.1. The van der Waals surface area contributed by atoms with Gasteiger partial charge in [-0.3, -0.25) is 23.8 Å². The molecule has 3 aromatic rings. The number of aromatic nitrogens is 3. The Labute approximate surface area is 179 Å². The lowest BCUT2D eigenvalue weighted by Crippen LogP contribution is -2.39. The summed E-state index contributed by atoms with van der Waals surface area (Å²) in [5.74, 6) is -0.203. The maximum absolute atomic E-state index is 12.7. The van der Waals surface area contributed by atoms with E-state index in [0.29, 0.717) is 37.6 Å². The van der Waals surface area contributed by atoms with E-state index in [-0.39, 0.29) is 12.5 Å². The number of carbonyl (C=O) groups excluding carboxylic acids is 1. The molecule has 0 spiro atoms. The molecule has 3 heterocycles. The van der Waals surface area contributed by atoms with E-state index in [9.17, 15) is 14.7 Å². The number of carbonyl (C=O) groups is 1. The molecule has 31 heavy (non-hydrogen) atoms. The second-order valence-electron chi connectivity index (χ2n) is 7.58. The molecule has 2 aromatic heterocycles. The fourth-order valence-electron chi connectivity index (χ4n) is 3.82. The van der Waals surface area contributed by atoms with Crippen LogP contribution in [0.4, 0.5) is 0 Å². The first-order valence-corrected chi connectivity index (χ1v) is 10.3. The highest BCUT2D eigenvalue weighted by atomic mass is 16.5. The highest BCUT2D eigenvalue weighted by Crippen LogP contribution is 2.16. The summed E-state index contributed by atoms with van der Waals surface area (Å²) in [7, 11) is 0. The third-order valence-electron chi connectivity index (χ3n) is 5.38. The largest absolute Gasteiger partial charge is 0.441 e. The van der Waals surface area contributed by atoms with Gasteiger partial charge < -0.3 is 10.0 Å². The molecule has 1 aliphatic heterocycles. The van der Waals surface area contributed by atoms with Crippen LogP contribution in [0.3, 0.4) is 0 Å². The SMILES string of the molecule is O=C(c1ccncc1)N1CCCN(CC(O)Cn2c(-c3ccccc3)noc2=O)CC1. The molecule has 0 radical (unpaired) electrons. The Balaban J connectivity index is 1.36. The molecule has 1 N–H and O–H groups in total. The van der Waals surface area contributed by atoms with Crippen molar-refractivity contribution in [1.82, 2.24) is 24.5 Å². The van der Waals surface area contributed by atoms with E-state index in [1.165, 1.54) is 4.57 Å². The van der Waals surface area contributed by atoms with Gasteiger partial charge in [-0.05, 0) is 25.1 Å². The number of hydrogen-bond donors (Lipinski definition) is 1. The molecule has 0 aliphatic carbocycles. The quantitative estimate of drug-likeness (QED) is 0.633. The summed E-state index contributed by atoms with van der Waals surface area (Å²) < 4.78 is 6.19. The predicted octanol–water partition coefficient (Wildman–Crippen LogP) is 1.11. The van der Waals surface area contributed by atoms with Gasteiger partial charge in [0.2, 0.25) is 0 Å². The summed E-state index contributed by atoms with van der Waals surface area (Å²) in [4.78, 5) is 32.7. The summed E-state index contributed by atoms with van der Waals surface area (Å²) in [6, 6.07) is 12.7. The molecule has 0 bridgehead atoms. The second kappa shape index (κ2) is 9.67. The molecular formula is C22H25N5O4. The van der Waals surface area contributed by atoms with Gasteiger partial charge >= 0.3 is 5.76 Å². The summed E-state index contributed by atoms with van der Waals surface area (Å²) in [6.07, 6.45) is 3.27. The average molecular weight is 423 g/mol. The van der Waals surface area contributed by atoms with Gasteiger partial charge in [0.25, 0.3) is 5.91 Å². The number of β-amino-alcohol motifs (C(OH)–C–C–N with tert-alkyl or cyclic N) is 1. The zero-order chi connectivity index (χ0) is 21.6. The molecule has 1 atom stereocenters. The number of benzene rings is 1. The lowest BCUT2D eigenvalue weighted by molar-refractivity contribution is 0.0749. The predicted molar refractivity (Wildman–Crippen MR) is 113 cm³/mol. The standard InChI is InChI=1S/C22H25N5O4/c28-19(16-27-20(24-31-22(27)30)17-5-2-1-3-6-17)15-25-11-4-12-26(14-13-25)21(29)18-7-9-23-10-8-18/h1-3,5-10,19,28H,4,11-16H2. The molecule has 1 saturated heterocycles. The van der Waals surface area contributed by atoms with Crippen LogP contribution >= 0.6 is 0 Å². The maximum atomic E-state index is 12.7. The monoisotopic (exact) mass is 423 g/mol. The van der Waals surface area contributed by atoms with Crippen LogP contribution in [0, 0.1) is 0 Å². The zero-order valence-electron chi connectivity index (χ0n) is 17.1. The summed E-state index contributed by atoms with van der Waals surface area (Å²) >= 11 is 0. The zero-order valence-corrected chi connectivity index (χ0v) is 17.1. The van der Waals surface area contributed by atoms with E-state index >= 15 is 0 Å². The van der Waals surface area contributed by atoms with E-state index < -0.39 is 11.9 Å². The minimum atomic E-state index is -0.776. The minimum Gasteiger partial charge on any atom is -0.390 e. The maximum Gasteiger partial charge on any atom is 0.441 e. The first-order chi connectivity index (χ1) is 15.1. The van der Waals surface area contributed by atoms with Gasteiger partial charge in [-0.15, -0.1) is 0 Å². The van der Waals surface area contributed by atoms with Crippen LogP contribution in [0.5, 0.6) is 0 Å². The Morgan fingerprint density at radius 2 is 1.81 bits per heavy atom. The van der Waals surface area contributed by atoms with E-state index in [4.69, 9.17) is 4.52 Å². The Kier molecular flexibility index (Phi) is 6.54. The van der Waals surface area contributed by atoms with E-state index in [1.54, 1.807) is 24.5 Å². The lowest BCUT2D eigenvalue weighted by atomic mass is 10.2. The molecule has 1 aromatic carbocycles. The van der Waals surface area contributed by atoms with Crippen molar-refractivity contribution in [2.75, 3.05) is 32.7 Å². The van der Waals surface area contributed by atoms with Crippen molar-refractivity contribution in [3.63, 3.8) is 0 Å². The number of amides is 1. The van der Waals surface area contributed by atoms with Gasteiger partial charge in [-0.2, -0.15) is 0 Å². The minimum absolute atomic E-state index is 0.00618. The molecule has 1 aliphatic rings. The third kappa shape index (κ3) is 5.07. The smallest absolute Gasteiger partial charge is 0.390 e. The van der Waals surface area contributed by atoms with Gasteiger partial charge in [0, 0.05) is 49.7 Å². The Morgan fingerprint density at radius 1 is 1.03 bits per heavy atom. The van der Waals surface area contributed by atoms with Crippen molar-refractivity contribution in [2.45, 2.75) is 19.1 Å². The van der Waals surface area contributed by atoms with Gasteiger partial charge in [0.15, 0.2) is 5.82 Å². The number of aliphatic hydroxyl groups is 1. The number of rotatable bonds is 6. The highest BCUT2D eigenvalue weighted by molar-refractivity contribution is 5.94. The summed E-state index contributed by atoms with van der Waals surface area (Å²) in [5, 5.41) is 14.5. The number of hydrogen-bond acceptors (Lipinski definition) is 7. The van der Waals surface area contributed by atoms with Crippen molar-refractivity contribution in [3.8, 4) is 11.4 Å². The van der Waals surface area contributed by atoms with Crippen LogP contribution < -0.4 is 5.76 Å². The first-order valence-electron chi connectivity index (χ1n) is 10.3.